The van der Waals surface area contributed by atoms with E-state index in [1.54, 1.807) is 18.2 Å². The number of hydrogen-bond donors (Lipinski definition) is 2. The maximum absolute atomic E-state index is 13.8. The molecule has 0 atom stereocenters. The van der Waals surface area contributed by atoms with Gasteiger partial charge >= 0.3 is 5.69 Å². The lowest BCUT2D eigenvalue weighted by Crippen LogP contribution is -2.42. The second kappa shape index (κ2) is 10.7. The van der Waals surface area contributed by atoms with E-state index in [4.69, 9.17) is 5.73 Å². The highest BCUT2D eigenvalue weighted by molar-refractivity contribution is 6.20. The topological polar surface area (TPSA) is 139 Å². The highest BCUT2D eigenvalue weighted by Crippen LogP contribution is 2.26. The molecule has 1 aromatic heterocycles. The van der Waals surface area contributed by atoms with Crippen LogP contribution < -0.4 is 26.8 Å². The Labute approximate surface area is 213 Å². The summed E-state index contributed by atoms with van der Waals surface area (Å²) in [5, 5.41) is 0. The van der Waals surface area contributed by atoms with Gasteiger partial charge in [-0.15, -0.1) is 0 Å². The highest BCUT2D eigenvalue weighted by Gasteiger charge is 2.31. The molecule has 0 unspecified atom stereocenters. The number of imide groups is 1. The lowest BCUT2D eigenvalue weighted by molar-refractivity contribution is -0.121. The number of nitrogen functional groups attached to an aromatic ring is 1. The van der Waals surface area contributed by atoms with Crippen LogP contribution in [0.2, 0.25) is 0 Å². The second-order valence-electron chi connectivity index (χ2n) is 9.38. The maximum Gasteiger partial charge on any atom is 0.330 e. The molecule has 0 saturated carbocycles. The van der Waals surface area contributed by atoms with Gasteiger partial charge in [-0.1, -0.05) is 50.2 Å². The molecule has 37 heavy (non-hydrogen) atoms. The molecule has 0 radical (unpaired) electrons. The van der Waals surface area contributed by atoms with Crippen LogP contribution in [0.25, 0.3) is 0 Å². The molecule has 1 fully saturated rings. The van der Waals surface area contributed by atoms with Crippen molar-refractivity contribution in [1.29, 1.82) is 0 Å². The number of anilines is 3. The Hall–Kier alpha value is -4.47. The monoisotopic (exact) mass is 503 g/mol. The number of amides is 3. The zero-order valence-corrected chi connectivity index (χ0v) is 20.8. The number of nitrogens with one attached hydrogen (secondary N) is 1. The number of benzene rings is 2. The molecule has 10 heteroatoms. The number of nitrogens with two attached hydrogens (primary N) is 1. The Kier molecular flexibility index (Phi) is 7.37. The molecule has 10 nitrogen and oxygen atoms in total. The van der Waals surface area contributed by atoms with E-state index in [0.717, 1.165) is 10.5 Å². The summed E-state index contributed by atoms with van der Waals surface area (Å²) >= 11 is 0. The van der Waals surface area contributed by atoms with Crippen LogP contribution in [-0.4, -0.2) is 33.8 Å². The molecule has 2 aromatic carbocycles. The normalized spacial score (nSPS) is 13.4. The number of H-pyrrole nitrogens is 1. The van der Waals surface area contributed by atoms with Crippen LogP contribution in [0.4, 0.5) is 17.2 Å². The first kappa shape index (κ1) is 25.6. The molecule has 2 heterocycles. The molecule has 1 saturated heterocycles. The minimum Gasteiger partial charge on any atom is -0.383 e. The van der Waals surface area contributed by atoms with Crippen molar-refractivity contribution < 1.29 is 14.4 Å². The SMILES string of the molecule is CC(C)CCN(C(=O)c1cccc(N2C(=O)CCC2=O)c1)c1c(N)n(Cc2ccccc2)c(=O)[nH]c1=O. The number of hydrogen-bond acceptors (Lipinski definition) is 6. The standard InChI is InChI=1S/C27H29N5O5/c1-17(2)13-14-30(26(36)19-9-6-10-20(15-19)32-21(33)11-12-22(32)34)23-24(28)31(27(37)29-25(23)35)16-18-7-4-3-5-8-18/h3-10,15,17H,11-14,16,28H2,1-2H3,(H,29,35,37). The fraction of sp³-hybridized carbons (Fsp3) is 0.296. The summed E-state index contributed by atoms with van der Waals surface area (Å²) in [7, 11) is 0. The Morgan fingerprint density at radius 2 is 1.68 bits per heavy atom. The van der Waals surface area contributed by atoms with Crippen molar-refractivity contribution in [2.45, 2.75) is 39.7 Å². The first-order valence-corrected chi connectivity index (χ1v) is 12.1. The van der Waals surface area contributed by atoms with E-state index < -0.39 is 17.2 Å². The van der Waals surface area contributed by atoms with Crippen LogP contribution >= 0.6 is 0 Å². The summed E-state index contributed by atoms with van der Waals surface area (Å²) < 4.78 is 1.22. The van der Waals surface area contributed by atoms with Gasteiger partial charge in [0.05, 0.1) is 12.2 Å². The second-order valence-corrected chi connectivity index (χ2v) is 9.38. The van der Waals surface area contributed by atoms with Crippen molar-refractivity contribution in [3.05, 3.63) is 86.6 Å². The average molecular weight is 504 g/mol. The maximum atomic E-state index is 13.8. The van der Waals surface area contributed by atoms with E-state index in [2.05, 4.69) is 4.98 Å². The summed E-state index contributed by atoms with van der Waals surface area (Å²) in [6.07, 6.45) is 0.796. The van der Waals surface area contributed by atoms with Crippen LogP contribution in [-0.2, 0) is 16.1 Å². The molecule has 3 aromatic rings. The van der Waals surface area contributed by atoms with Crippen molar-refractivity contribution in [3.63, 3.8) is 0 Å². The molecule has 192 valence electrons. The molecule has 0 aliphatic carbocycles. The van der Waals surface area contributed by atoms with Crippen LogP contribution in [0, 0.1) is 5.92 Å². The van der Waals surface area contributed by atoms with Crippen molar-refractivity contribution in [3.8, 4) is 0 Å². The molecule has 0 spiro atoms. The minimum absolute atomic E-state index is 0.107. The number of nitrogens with zero attached hydrogens (tertiary/aromatic N) is 3. The lowest BCUT2D eigenvalue weighted by atomic mass is 10.1. The van der Waals surface area contributed by atoms with Crippen molar-refractivity contribution in [2.24, 2.45) is 5.92 Å². The number of carbonyl (C=O) groups is 3. The third-order valence-electron chi connectivity index (χ3n) is 6.25. The van der Waals surface area contributed by atoms with Crippen LogP contribution in [0.15, 0.2) is 64.2 Å². The minimum atomic E-state index is -0.773. The third-order valence-corrected chi connectivity index (χ3v) is 6.25. The first-order valence-electron chi connectivity index (χ1n) is 12.1. The van der Waals surface area contributed by atoms with E-state index in [9.17, 15) is 24.0 Å². The highest BCUT2D eigenvalue weighted by atomic mass is 16.2. The van der Waals surface area contributed by atoms with Gasteiger partial charge in [-0.2, -0.15) is 0 Å². The number of aromatic nitrogens is 2. The van der Waals surface area contributed by atoms with E-state index >= 15 is 0 Å². The Morgan fingerprint density at radius 1 is 1.00 bits per heavy atom. The van der Waals surface area contributed by atoms with Gasteiger partial charge in [0, 0.05) is 24.9 Å². The van der Waals surface area contributed by atoms with Crippen molar-refractivity contribution >= 4 is 34.9 Å². The van der Waals surface area contributed by atoms with Crippen molar-refractivity contribution in [2.75, 3.05) is 22.1 Å². The van der Waals surface area contributed by atoms with Crippen LogP contribution in [0.1, 0.15) is 49.0 Å². The van der Waals surface area contributed by atoms with Gasteiger partial charge in [0.25, 0.3) is 11.5 Å². The van der Waals surface area contributed by atoms with Gasteiger partial charge in [-0.25, -0.2) is 4.79 Å². The zero-order chi connectivity index (χ0) is 26.7. The molecule has 3 amide bonds. The quantitative estimate of drug-likeness (QED) is 0.453. The summed E-state index contributed by atoms with van der Waals surface area (Å²) in [4.78, 5) is 68.5. The molecule has 4 rings (SSSR count). The lowest BCUT2D eigenvalue weighted by Gasteiger charge is -2.26. The van der Waals surface area contributed by atoms with Gasteiger partial charge in [0.1, 0.15) is 5.82 Å². The van der Waals surface area contributed by atoms with Crippen LogP contribution in [0.5, 0.6) is 0 Å². The molecular weight excluding hydrogens is 474 g/mol. The number of rotatable bonds is 8. The zero-order valence-electron chi connectivity index (χ0n) is 20.8. The average Bonchev–Trinajstić information content (AvgIpc) is 3.21. The van der Waals surface area contributed by atoms with E-state index in [1.807, 2.05) is 44.2 Å². The molecular formula is C27H29N5O5. The summed E-state index contributed by atoms with van der Waals surface area (Å²) in [6, 6.07) is 15.3. The smallest absolute Gasteiger partial charge is 0.330 e. The van der Waals surface area contributed by atoms with Gasteiger partial charge in [0.2, 0.25) is 11.8 Å². The summed E-state index contributed by atoms with van der Waals surface area (Å²) in [5.41, 5.74) is 6.05. The summed E-state index contributed by atoms with van der Waals surface area (Å²) in [5.74, 6) is -1.13. The predicted molar refractivity (Wildman–Crippen MR) is 141 cm³/mol. The first-order chi connectivity index (χ1) is 17.7. The molecule has 0 bridgehead atoms. The fourth-order valence-electron chi connectivity index (χ4n) is 4.26. The van der Waals surface area contributed by atoms with E-state index in [1.165, 1.54) is 15.5 Å². The molecule has 1 aliphatic heterocycles. The van der Waals surface area contributed by atoms with Crippen molar-refractivity contribution in [1.82, 2.24) is 9.55 Å². The van der Waals surface area contributed by atoms with Gasteiger partial charge in [-0.3, -0.25) is 33.6 Å². The largest absolute Gasteiger partial charge is 0.383 e. The van der Waals surface area contributed by atoms with Gasteiger partial charge in [0.15, 0.2) is 5.69 Å². The third kappa shape index (κ3) is 5.37. The Morgan fingerprint density at radius 3 is 2.32 bits per heavy atom. The summed E-state index contributed by atoms with van der Waals surface area (Å²) in [6.45, 7) is 4.24. The molecule has 1 aliphatic rings. The fourth-order valence-corrected chi connectivity index (χ4v) is 4.26. The predicted octanol–water partition coefficient (Wildman–Crippen LogP) is 2.51. The van der Waals surface area contributed by atoms with Crippen LogP contribution in [0.3, 0.4) is 0 Å². The number of aromatic amines is 1. The van der Waals surface area contributed by atoms with E-state index in [0.29, 0.717) is 6.42 Å². The Balaban J connectivity index is 1.78. The van der Waals surface area contributed by atoms with E-state index in [-0.39, 0.29) is 66.4 Å². The van der Waals surface area contributed by atoms with Gasteiger partial charge < -0.3 is 10.6 Å². The Bertz CT molecular complexity index is 1440. The number of carbonyl (C=O) groups excluding carboxylic acids is 3. The molecule has 3 N–H and O–H groups in total. The van der Waals surface area contributed by atoms with Gasteiger partial charge in [-0.05, 0) is 36.1 Å².